The van der Waals surface area contributed by atoms with Gasteiger partial charge in [-0.15, -0.1) is 0 Å². The van der Waals surface area contributed by atoms with Gasteiger partial charge in [-0.05, 0) is 12.0 Å². The topological polar surface area (TPSA) is 72.2 Å². The molecule has 5 nitrogen and oxygen atoms in total. The Balaban J connectivity index is 2.34. The number of aryl methyl sites for hydroxylation is 2. The summed E-state index contributed by atoms with van der Waals surface area (Å²) >= 11 is 0. The summed E-state index contributed by atoms with van der Waals surface area (Å²) in [6, 6.07) is 0. The molecule has 0 bridgehead atoms. The molecule has 0 aliphatic rings. The van der Waals surface area contributed by atoms with Gasteiger partial charge in [0.2, 0.25) is 0 Å². The Morgan fingerprint density at radius 2 is 2.43 bits per heavy atom. The molecule has 1 heterocycles. The second-order valence-electron chi connectivity index (χ2n) is 2.95. The van der Waals surface area contributed by atoms with E-state index < -0.39 is 16.8 Å². The van der Waals surface area contributed by atoms with Crippen LogP contribution in [-0.2, 0) is 29.1 Å². The third-order valence-corrected chi connectivity index (χ3v) is 2.89. The van der Waals surface area contributed by atoms with Crippen LogP contribution in [0.1, 0.15) is 5.56 Å². The van der Waals surface area contributed by atoms with Crippen molar-refractivity contribution in [3.8, 4) is 0 Å². The molecular formula is C8H12N2O3S. The van der Waals surface area contributed by atoms with Crippen LogP contribution in [0, 0.1) is 0 Å². The smallest absolute Gasteiger partial charge is 0.316 e. The van der Waals surface area contributed by atoms with E-state index in [1.54, 1.807) is 17.9 Å². The molecule has 0 aromatic carbocycles. The van der Waals surface area contributed by atoms with Crippen LogP contribution in [0.15, 0.2) is 12.4 Å². The van der Waals surface area contributed by atoms with E-state index in [0.717, 1.165) is 5.56 Å². The van der Waals surface area contributed by atoms with Crippen LogP contribution < -0.4 is 0 Å². The first-order valence-corrected chi connectivity index (χ1v) is 5.61. The van der Waals surface area contributed by atoms with E-state index in [1.807, 2.05) is 6.20 Å². The van der Waals surface area contributed by atoms with E-state index in [0.29, 0.717) is 12.2 Å². The van der Waals surface area contributed by atoms with E-state index >= 15 is 0 Å². The first kappa shape index (κ1) is 10.9. The van der Waals surface area contributed by atoms with Gasteiger partial charge in [-0.25, -0.2) is 0 Å². The highest BCUT2D eigenvalue weighted by atomic mass is 32.2. The summed E-state index contributed by atoms with van der Waals surface area (Å²) < 4.78 is 12.8. The van der Waals surface area contributed by atoms with E-state index in [1.165, 1.54) is 0 Å². The summed E-state index contributed by atoms with van der Waals surface area (Å²) in [7, 11) is 0.525. The number of rotatable bonds is 5. The van der Waals surface area contributed by atoms with Gasteiger partial charge in [-0.2, -0.15) is 5.10 Å². The molecule has 1 unspecified atom stereocenters. The van der Waals surface area contributed by atoms with Gasteiger partial charge in [0.15, 0.2) is 0 Å². The minimum Gasteiger partial charge on any atom is -0.481 e. The van der Waals surface area contributed by atoms with Crippen molar-refractivity contribution >= 4 is 16.8 Å². The molecule has 0 amide bonds. The molecule has 0 saturated carbocycles. The molecule has 1 rings (SSSR count). The second-order valence-corrected chi connectivity index (χ2v) is 4.53. The fourth-order valence-corrected chi connectivity index (χ4v) is 1.93. The number of hydrogen-bond acceptors (Lipinski definition) is 3. The molecule has 14 heavy (non-hydrogen) atoms. The van der Waals surface area contributed by atoms with Crippen molar-refractivity contribution in [3.63, 3.8) is 0 Å². The largest absolute Gasteiger partial charge is 0.481 e. The third kappa shape index (κ3) is 3.69. The zero-order chi connectivity index (χ0) is 10.6. The van der Waals surface area contributed by atoms with Crippen molar-refractivity contribution < 1.29 is 14.1 Å². The molecule has 6 heteroatoms. The molecule has 0 radical (unpaired) electrons. The number of nitrogens with zero attached hydrogens (tertiary/aromatic N) is 2. The Morgan fingerprint density at radius 3 is 2.93 bits per heavy atom. The fourth-order valence-electron chi connectivity index (χ4n) is 1.04. The van der Waals surface area contributed by atoms with Crippen LogP contribution in [0.4, 0.5) is 0 Å². The molecule has 0 aliphatic heterocycles. The lowest BCUT2D eigenvalue weighted by Gasteiger charge is -1.96. The van der Waals surface area contributed by atoms with Crippen LogP contribution in [0.2, 0.25) is 0 Å². The molecule has 1 aromatic rings. The maximum atomic E-state index is 11.1. The quantitative estimate of drug-likeness (QED) is 0.739. The van der Waals surface area contributed by atoms with Gasteiger partial charge in [0.1, 0.15) is 5.75 Å². The highest BCUT2D eigenvalue weighted by Crippen LogP contribution is 1.99. The van der Waals surface area contributed by atoms with Gasteiger partial charge < -0.3 is 5.11 Å². The Bertz CT molecular complexity index is 348. The fraction of sp³-hybridized carbons (Fsp3) is 0.500. The van der Waals surface area contributed by atoms with Crippen molar-refractivity contribution in [2.45, 2.75) is 6.42 Å². The van der Waals surface area contributed by atoms with Gasteiger partial charge in [0.05, 0.1) is 6.20 Å². The van der Waals surface area contributed by atoms with Crippen molar-refractivity contribution in [1.29, 1.82) is 0 Å². The Labute approximate surface area is 84.2 Å². The lowest BCUT2D eigenvalue weighted by atomic mass is 10.3. The number of carboxylic acid groups (broad SMARTS) is 1. The van der Waals surface area contributed by atoms with Gasteiger partial charge in [0.25, 0.3) is 0 Å². The van der Waals surface area contributed by atoms with Gasteiger partial charge in [0, 0.05) is 29.8 Å². The summed E-state index contributed by atoms with van der Waals surface area (Å²) in [4.78, 5) is 10.2. The molecule has 0 fully saturated rings. The second kappa shape index (κ2) is 4.90. The molecule has 1 N–H and O–H groups in total. The molecular weight excluding hydrogens is 204 g/mol. The highest BCUT2D eigenvalue weighted by molar-refractivity contribution is 7.85. The van der Waals surface area contributed by atoms with Crippen LogP contribution in [-0.4, -0.2) is 36.6 Å². The van der Waals surface area contributed by atoms with E-state index in [4.69, 9.17) is 5.11 Å². The number of carbonyl (C=O) groups is 1. The van der Waals surface area contributed by atoms with Crippen molar-refractivity contribution in [2.24, 2.45) is 7.05 Å². The number of hydrogen-bond donors (Lipinski definition) is 1. The van der Waals surface area contributed by atoms with E-state index in [9.17, 15) is 9.00 Å². The minimum atomic E-state index is -1.28. The van der Waals surface area contributed by atoms with Crippen LogP contribution in [0.3, 0.4) is 0 Å². The predicted molar refractivity (Wildman–Crippen MR) is 52.4 cm³/mol. The monoisotopic (exact) mass is 216 g/mol. The summed E-state index contributed by atoms with van der Waals surface area (Å²) in [5.74, 6) is -0.923. The Kier molecular flexibility index (Phi) is 3.82. The Hall–Kier alpha value is -1.17. The third-order valence-electron chi connectivity index (χ3n) is 1.66. The summed E-state index contributed by atoms with van der Waals surface area (Å²) in [5, 5.41) is 12.3. The molecule has 0 saturated heterocycles. The average Bonchev–Trinajstić information content (AvgIpc) is 2.47. The predicted octanol–water partition coefficient (Wildman–Crippen LogP) is -0.204. The highest BCUT2D eigenvalue weighted by Gasteiger charge is 2.06. The normalized spacial score (nSPS) is 12.6. The van der Waals surface area contributed by atoms with Crippen LogP contribution in [0.5, 0.6) is 0 Å². The summed E-state index contributed by atoms with van der Waals surface area (Å²) in [6.07, 6.45) is 4.13. The number of aliphatic carboxylic acids is 1. The molecule has 0 aliphatic carbocycles. The SMILES string of the molecule is Cn1cc(CCS(=O)CC(=O)O)cn1. The van der Waals surface area contributed by atoms with E-state index in [-0.39, 0.29) is 5.75 Å². The standard InChI is InChI=1S/C8H12N2O3S/c1-10-5-7(4-9-10)2-3-14(13)6-8(11)12/h4-5H,2-3,6H2,1H3,(H,11,12). The summed E-state index contributed by atoms with van der Waals surface area (Å²) in [6.45, 7) is 0. The lowest BCUT2D eigenvalue weighted by molar-refractivity contribution is -0.133. The first-order chi connectivity index (χ1) is 6.58. The zero-order valence-corrected chi connectivity index (χ0v) is 8.66. The van der Waals surface area contributed by atoms with Gasteiger partial charge in [-0.1, -0.05) is 0 Å². The maximum Gasteiger partial charge on any atom is 0.316 e. The minimum absolute atomic E-state index is 0.278. The molecule has 0 spiro atoms. The van der Waals surface area contributed by atoms with Gasteiger partial charge in [-0.3, -0.25) is 13.7 Å². The first-order valence-electron chi connectivity index (χ1n) is 4.12. The number of aromatic nitrogens is 2. The number of carboxylic acids is 1. The molecule has 1 aromatic heterocycles. The lowest BCUT2D eigenvalue weighted by Crippen LogP contribution is -2.12. The average molecular weight is 216 g/mol. The van der Waals surface area contributed by atoms with Crippen LogP contribution in [0.25, 0.3) is 0 Å². The molecule has 78 valence electrons. The van der Waals surface area contributed by atoms with Crippen molar-refractivity contribution in [3.05, 3.63) is 18.0 Å². The summed E-state index contributed by atoms with van der Waals surface area (Å²) in [5.41, 5.74) is 0.978. The maximum absolute atomic E-state index is 11.1. The Morgan fingerprint density at radius 1 is 1.71 bits per heavy atom. The van der Waals surface area contributed by atoms with Crippen molar-refractivity contribution in [1.82, 2.24) is 9.78 Å². The molecule has 1 atom stereocenters. The van der Waals surface area contributed by atoms with E-state index in [2.05, 4.69) is 5.10 Å². The van der Waals surface area contributed by atoms with Crippen molar-refractivity contribution in [2.75, 3.05) is 11.5 Å². The van der Waals surface area contributed by atoms with Crippen LogP contribution >= 0.6 is 0 Å². The van der Waals surface area contributed by atoms with Gasteiger partial charge >= 0.3 is 5.97 Å². The zero-order valence-electron chi connectivity index (χ0n) is 7.84.